The number of ether oxygens (including phenoxy) is 1. The summed E-state index contributed by atoms with van der Waals surface area (Å²) < 4.78 is 6.50. The first kappa shape index (κ1) is 17.9. The lowest BCUT2D eigenvalue weighted by Crippen LogP contribution is -2.59. The topological polar surface area (TPSA) is 150 Å². The Morgan fingerprint density at radius 3 is 2.74 bits per heavy atom. The summed E-state index contributed by atoms with van der Waals surface area (Å²) in [5, 5.41) is 48.9. The highest BCUT2D eigenvalue weighted by Gasteiger charge is 2.42. The van der Waals surface area contributed by atoms with Crippen molar-refractivity contribution in [3.8, 4) is 0 Å². The molecule has 10 nitrogen and oxygen atoms in total. The van der Waals surface area contributed by atoms with Crippen LogP contribution in [0.2, 0.25) is 0 Å². The van der Waals surface area contributed by atoms with Gasteiger partial charge >= 0.3 is 0 Å². The minimum atomic E-state index is -1.54. The number of Topliss-reactive ketones (excluding diaryl/α,β-unsaturated/α-hetero) is 1. The van der Waals surface area contributed by atoms with Gasteiger partial charge in [-0.2, -0.15) is 0 Å². The fraction of sp³-hybridized carbons (Fsp3) is 0.769. The van der Waals surface area contributed by atoms with Gasteiger partial charge in [-0.25, -0.2) is 4.68 Å². The van der Waals surface area contributed by atoms with E-state index in [4.69, 9.17) is 4.74 Å². The Morgan fingerprint density at radius 2 is 2.04 bits per heavy atom. The SMILES string of the molecule is CC(=O)Cn1cc(CCNC[C@H]2O[C@H](O)[C@H](O)[C@@H](O)C2O)nn1. The van der Waals surface area contributed by atoms with Crippen molar-refractivity contribution >= 4 is 5.78 Å². The number of carbonyl (C=O) groups is 1. The van der Waals surface area contributed by atoms with Crippen molar-refractivity contribution in [2.24, 2.45) is 0 Å². The van der Waals surface area contributed by atoms with Crippen LogP contribution in [0.25, 0.3) is 0 Å². The molecule has 5 N–H and O–H groups in total. The molecule has 130 valence electrons. The largest absolute Gasteiger partial charge is 0.388 e. The molecule has 0 amide bonds. The molecule has 0 bridgehead atoms. The van der Waals surface area contributed by atoms with Crippen molar-refractivity contribution in [1.82, 2.24) is 20.3 Å². The van der Waals surface area contributed by atoms with Crippen LogP contribution in [0.4, 0.5) is 0 Å². The molecule has 2 heterocycles. The first-order valence-corrected chi connectivity index (χ1v) is 7.35. The molecule has 0 radical (unpaired) electrons. The first-order chi connectivity index (χ1) is 10.9. The average molecular weight is 330 g/mol. The second-order valence-electron chi connectivity index (χ2n) is 5.60. The molecule has 2 rings (SSSR count). The van der Waals surface area contributed by atoms with Crippen LogP contribution in [0, 0.1) is 0 Å². The van der Waals surface area contributed by atoms with Gasteiger partial charge < -0.3 is 30.5 Å². The standard InChI is InChI=1S/C13H22N4O6/c1-7(18)5-17-6-8(15-16-17)2-3-14-4-9-10(19)11(20)12(21)13(22)23-9/h6,9-14,19-22H,2-5H2,1H3/t9-,10?,11+,12-,13+/m1/s1. The van der Waals surface area contributed by atoms with Crippen LogP contribution in [0.15, 0.2) is 6.20 Å². The zero-order chi connectivity index (χ0) is 17.0. The van der Waals surface area contributed by atoms with E-state index in [-0.39, 0.29) is 18.9 Å². The van der Waals surface area contributed by atoms with E-state index in [1.54, 1.807) is 6.20 Å². The smallest absolute Gasteiger partial charge is 0.184 e. The summed E-state index contributed by atoms with van der Waals surface area (Å²) in [6, 6.07) is 0. The Balaban J connectivity index is 1.72. The number of rotatable bonds is 7. The van der Waals surface area contributed by atoms with Crippen LogP contribution in [-0.4, -0.2) is 85.0 Å². The number of nitrogens with zero attached hydrogens (tertiary/aromatic N) is 3. The van der Waals surface area contributed by atoms with Crippen LogP contribution in [0.5, 0.6) is 0 Å². The summed E-state index contributed by atoms with van der Waals surface area (Å²) in [5.74, 6) is -0.0117. The Hall–Kier alpha value is -1.43. The highest BCUT2D eigenvalue weighted by atomic mass is 16.6. The predicted octanol–water partition coefficient (Wildman–Crippen LogP) is -3.20. The molecule has 0 aromatic carbocycles. The third-order valence-electron chi connectivity index (χ3n) is 3.56. The van der Waals surface area contributed by atoms with E-state index in [0.29, 0.717) is 18.7 Å². The van der Waals surface area contributed by atoms with Crippen LogP contribution in [-0.2, 0) is 22.5 Å². The van der Waals surface area contributed by atoms with E-state index in [2.05, 4.69) is 15.6 Å². The number of hydrogen-bond acceptors (Lipinski definition) is 9. The summed E-state index contributed by atoms with van der Waals surface area (Å²) >= 11 is 0. The second kappa shape index (κ2) is 7.90. The van der Waals surface area contributed by atoms with E-state index in [9.17, 15) is 25.2 Å². The maximum atomic E-state index is 11.0. The Labute approximate surface area is 132 Å². The Morgan fingerprint density at radius 1 is 1.30 bits per heavy atom. The minimum Gasteiger partial charge on any atom is -0.388 e. The average Bonchev–Trinajstić information content (AvgIpc) is 2.93. The molecule has 1 aromatic heterocycles. The Kier molecular flexibility index (Phi) is 6.16. The summed E-state index contributed by atoms with van der Waals surface area (Å²) in [6.45, 7) is 2.34. The fourth-order valence-corrected chi connectivity index (χ4v) is 2.32. The monoisotopic (exact) mass is 330 g/mol. The van der Waals surface area contributed by atoms with Gasteiger partial charge in [-0.3, -0.25) is 4.79 Å². The van der Waals surface area contributed by atoms with Gasteiger partial charge in [-0.05, 0) is 6.92 Å². The zero-order valence-corrected chi connectivity index (χ0v) is 12.7. The normalized spacial score (nSPS) is 31.3. The van der Waals surface area contributed by atoms with E-state index < -0.39 is 30.7 Å². The van der Waals surface area contributed by atoms with Gasteiger partial charge in [0, 0.05) is 25.7 Å². The van der Waals surface area contributed by atoms with Gasteiger partial charge in [0.1, 0.15) is 31.0 Å². The van der Waals surface area contributed by atoms with Crippen molar-refractivity contribution in [2.45, 2.75) is 50.6 Å². The molecular formula is C13H22N4O6. The highest BCUT2D eigenvalue weighted by Crippen LogP contribution is 2.19. The highest BCUT2D eigenvalue weighted by molar-refractivity contribution is 5.75. The molecule has 1 aromatic rings. The molecule has 1 unspecified atom stereocenters. The van der Waals surface area contributed by atoms with Crippen LogP contribution in [0.1, 0.15) is 12.6 Å². The lowest BCUT2D eigenvalue weighted by atomic mass is 9.99. The third kappa shape index (κ3) is 4.77. The molecule has 1 saturated heterocycles. The lowest BCUT2D eigenvalue weighted by Gasteiger charge is -2.38. The fourth-order valence-electron chi connectivity index (χ4n) is 2.32. The van der Waals surface area contributed by atoms with Crippen molar-refractivity contribution in [3.05, 3.63) is 11.9 Å². The van der Waals surface area contributed by atoms with Gasteiger partial charge in [0.25, 0.3) is 0 Å². The number of hydrogen-bond donors (Lipinski definition) is 5. The van der Waals surface area contributed by atoms with Gasteiger partial charge in [0.05, 0.1) is 5.69 Å². The molecule has 1 aliphatic heterocycles. The van der Waals surface area contributed by atoms with E-state index in [0.717, 1.165) is 0 Å². The quantitative estimate of drug-likeness (QED) is 0.326. The van der Waals surface area contributed by atoms with Gasteiger partial charge in [0.15, 0.2) is 12.1 Å². The second-order valence-corrected chi connectivity index (χ2v) is 5.60. The summed E-state index contributed by atoms with van der Waals surface area (Å²) in [5.41, 5.74) is 0.708. The molecule has 23 heavy (non-hydrogen) atoms. The first-order valence-electron chi connectivity index (χ1n) is 7.35. The minimum absolute atomic E-state index is 0.0117. The number of ketones is 1. The number of carbonyl (C=O) groups excluding carboxylic acids is 1. The van der Waals surface area contributed by atoms with Gasteiger partial charge in [-0.1, -0.05) is 5.21 Å². The molecule has 0 aliphatic carbocycles. The van der Waals surface area contributed by atoms with E-state index in [1.807, 2.05) is 0 Å². The zero-order valence-electron chi connectivity index (χ0n) is 12.7. The van der Waals surface area contributed by atoms with E-state index in [1.165, 1.54) is 11.6 Å². The molecule has 0 saturated carbocycles. The van der Waals surface area contributed by atoms with Crippen molar-refractivity contribution < 1.29 is 30.0 Å². The third-order valence-corrected chi connectivity index (χ3v) is 3.56. The molecular weight excluding hydrogens is 308 g/mol. The predicted molar refractivity (Wildman–Crippen MR) is 76.2 cm³/mol. The van der Waals surface area contributed by atoms with Crippen molar-refractivity contribution in [3.63, 3.8) is 0 Å². The maximum Gasteiger partial charge on any atom is 0.184 e. The number of aromatic nitrogens is 3. The lowest BCUT2D eigenvalue weighted by molar-refractivity contribution is -0.280. The van der Waals surface area contributed by atoms with E-state index >= 15 is 0 Å². The molecule has 10 heteroatoms. The van der Waals surface area contributed by atoms with Crippen LogP contribution in [0.3, 0.4) is 0 Å². The van der Waals surface area contributed by atoms with Crippen LogP contribution >= 0.6 is 0 Å². The molecule has 5 atom stereocenters. The number of nitrogens with one attached hydrogen (secondary N) is 1. The molecule has 1 fully saturated rings. The van der Waals surface area contributed by atoms with Crippen molar-refractivity contribution in [1.29, 1.82) is 0 Å². The summed E-state index contributed by atoms with van der Waals surface area (Å²) in [4.78, 5) is 11.0. The summed E-state index contributed by atoms with van der Waals surface area (Å²) in [6.07, 6.45) is -4.43. The molecule has 0 spiro atoms. The Bertz CT molecular complexity index is 524. The number of aliphatic hydroxyl groups is 4. The van der Waals surface area contributed by atoms with Crippen molar-refractivity contribution in [2.75, 3.05) is 13.1 Å². The summed E-state index contributed by atoms with van der Waals surface area (Å²) in [7, 11) is 0. The number of aliphatic hydroxyl groups excluding tert-OH is 4. The van der Waals surface area contributed by atoms with Gasteiger partial charge in [0.2, 0.25) is 0 Å². The van der Waals surface area contributed by atoms with Crippen LogP contribution < -0.4 is 5.32 Å². The van der Waals surface area contributed by atoms with Gasteiger partial charge in [-0.15, -0.1) is 5.10 Å². The maximum absolute atomic E-state index is 11.0. The molecule has 1 aliphatic rings.